The van der Waals surface area contributed by atoms with Gasteiger partial charge >= 0.3 is 0 Å². The second kappa shape index (κ2) is 5.61. The van der Waals surface area contributed by atoms with Crippen LogP contribution in [0.15, 0.2) is 23.1 Å². The summed E-state index contributed by atoms with van der Waals surface area (Å²) in [5, 5.41) is 2.79. The molecule has 2 rings (SSSR count). The molecule has 1 aliphatic rings. The van der Waals surface area contributed by atoms with Crippen LogP contribution in [0.5, 0.6) is 5.75 Å². The zero-order valence-electron chi connectivity index (χ0n) is 11.2. The number of halogens is 1. The summed E-state index contributed by atoms with van der Waals surface area (Å²) >= 11 is 0. The first-order valence-corrected chi connectivity index (χ1v) is 8.64. The number of amides is 1. The van der Waals surface area contributed by atoms with Gasteiger partial charge in [-0.2, -0.15) is 0 Å². The topological polar surface area (TPSA) is 72.5 Å². The van der Waals surface area contributed by atoms with Crippen LogP contribution in [0.25, 0.3) is 0 Å². The summed E-state index contributed by atoms with van der Waals surface area (Å²) < 4.78 is 28.6. The molecule has 0 bridgehead atoms. The molecule has 0 saturated heterocycles. The van der Waals surface area contributed by atoms with E-state index in [0.717, 1.165) is 12.8 Å². The minimum atomic E-state index is -3.98. The van der Waals surface area contributed by atoms with Crippen LogP contribution in [0, 0.1) is 0 Å². The molecule has 1 N–H and O–H groups in total. The Balaban J connectivity index is 2.34. The van der Waals surface area contributed by atoms with Crippen molar-refractivity contribution in [3.8, 4) is 5.75 Å². The molecule has 1 fully saturated rings. The van der Waals surface area contributed by atoms with Crippen LogP contribution in [0.2, 0.25) is 0 Å². The van der Waals surface area contributed by atoms with Crippen molar-refractivity contribution in [1.82, 2.24) is 5.32 Å². The molecule has 0 aliphatic heterocycles. The maximum absolute atomic E-state index is 11.9. The zero-order valence-corrected chi connectivity index (χ0v) is 12.8. The minimum absolute atomic E-state index is 0.151. The SMILES string of the molecule is CC(C)Oc1ccc(C(=O)NC2CC2)cc1S(=O)(=O)Cl. The van der Waals surface area contributed by atoms with E-state index in [4.69, 9.17) is 15.4 Å². The van der Waals surface area contributed by atoms with Crippen LogP contribution in [-0.4, -0.2) is 26.5 Å². The van der Waals surface area contributed by atoms with Gasteiger partial charge in [0.1, 0.15) is 10.6 Å². The first-order valence-electron chi connectivity index (χ1n) is 6.33. The molecule has 1 amide bonds. The van der Waals surface area contributed by atoms with Crippen LogP contribution in [0.1, 0.15) is 37.0 Å². The van der Waals surface area contributed by atoms with Crippen molar-refractivity contribution in [1.29, 1.82) is 0 Å². The van der Waals surface area contributed by atoms with E-state index in [1.807, 2.05) is 0 Å². The van der Waals surface area contributed by atoms with E-state index >= 15 is 0 Å². The van der Waals surface area contributed by atoms with Crippen LogP contribution in [0.3, 0.4) is 0 Å². The van der Waals surface area contributed by atoms with Gasteiger partial charge in [-0.3, -0.25) is 4.79 Å². The van der Waals surface area contributed by atoms with Crippen molar-refractivity contribution >= 4 is 25.6 Å². The summed E-state index contributed by atoms with van der Waals surface area (Å²) in [6.07, 6.45) is 1.72. The molecule has 0 aromatic heterocycles. The van der Waals surface area contributed by atoms with E-state index in [9.17, 15) is 13.2 Å². The number of rotatable bonds is 5. The third-order valence-corrected chi connectivity index (χ3v) is 4.09. The van der Waals surface area contributed by atoms with Crippen LogP contribution >= 0.6 is 10.7 Å². The molecule has 1 aliphatic carbocycles. The molecule has 0 unspecified atom stereocenters. The Hall–Kier alpha value is -1.27. The summed E-state index contributed by atoms with van der Waals surface area (Å²) in [5.74, 6) is -0.150. The minimum Gasteiger partial charge on any atom is -0.490 e. The van der Waals surface area contributed by atoms with Gasteiger partial charge in [-0.05, 0) is 44.9 Å². The van der Waals surface area contributed by atoms with Crippen molar-refractivity contribution in [2.75, 3.05) is 0 Å². The summed E-state index contributed by atoms with van der Waals surface area (Å²) in [7, 11) is 1.42. The molecule has 0 heterocycles. The molecule has 7 heteroatoms. The second-order valence-electron chi connectivity index (χ2n) is 5.01. The monoisotopic (exact) mass is 317 g/mol. The largest absolute Gasteiger partial charge is 0.490 e. The Bertz CT molecular complexity index is 623. The highest BCUT2D eigenvalue weighted by Crippen LogP contribution is 2.29. The van der Waals surface area contributed by atoms with Gasteiger partial charge < -0.3 is 10.1 Å². The zero-order chi connectivity index (χ0) is 14.9. The Labute approximate surface area is 122 Å². The highest BCUT2D eigenvalue weighted by atomic mass is 35.7. The molecule has 1 aromatic carbocycles. The molecule has 20 heavy (non-hydrogen) atoms. The first-order chi connectivity index (χ1) is 9.27. The van der Waals surface area contributed by atoms with Gasteiger partial charge in [0.05, 0.1) is 6.10 Å². The van der Waals surface area contributed by atoms with Gasteiger partial charge in [0.2, 0.25) is 0 Å². The quantitative estimate of drug-likeness (QED) is 0.846. The van der Waals surface area contributed by atoms with E-state index in [-0.39, 0.29) is 34.3 Å². The lowest BCUT2D eigenvalue weighted by atomic mass is 10.2. The third-order valence-electron chi connectivity index (χ3n) is 2.74. The standard InChI is InChI=1S/C13H16ClNO4S/c1-8(2)19-11-6-3-9(7-12(11)20(14,17)18)13(16)15-10-4-5-10/h3,6-8,10H,4-5H2,1-2H3,(H,15,16). The molecular weight excluding hydrogens is 302 g/mol. The first kappa shape index (κ1) is 15.1. The lowest BCUT2D eigenvalue weighted by Gasteiger charge is -2.13. The molecule has 110 valence electrons. The fraction of sp³-hybridized carbons (Fsp3) is 0.462. The lowest BCUT2D eigenvalue weighted by Crippen LogP contribution is -2.25. The van der Waals surface area contributed by atoms with Gasteiger partial charge in [0, 0.05) is 22.3 Å². The predicted octanol–water partition coefficient (Wildman–Crippen LogP) is 2.29. The second-order valence-corrected chi connectivity index (χ2v) is 7.55. The predicted molar refractivity (Wildman–Crippen MR) is 75.7 cm³/mol. The van der Waals surface area contributed by atoms with E-state index < -0.39 is 9.05 Å². The average molecular weight is 318 g/mol. The lowest BCUT2D eigenvalue weighted by molar-refractivity contribution is 0.0951. The Kier molecular flexibility index (Phi) is 4.25. The number of hydrogen-bond donors (Lipinski definition) is 1. The number of carbonyl (C=O) groups is 1. The summed E-state index contributed by atoms with van der Waals surface area (Å²) in [5.41, 5.74) is 0.257. The number of benzene rings is 1. The number of nitrogens with one attached hydrogen (secondary N) is 1. The maximum atomic E-state index is 11.9. The van der Waals surface area contributed by atoms with E-state index in [1.54, 1.807) is 13.8 Å². The Morgan fingerprint density at radius 2 is 2.05 bits per heavy atom. The Morgan fingerprint density at radius 3 is 2.55 bits per heavy atom. The summed E-state index contributed by atoms with van der Waals surface area (Å²) in [4.78, 5) is 11.7. The molecular formula is C13H16ClNO4S. The van der Waals surface area contributed by atoms with Gasteiger partial charge in [0.15, 0.2) is 0 Å². The highest BCUT2D eigenvalue weighted by molar-refractivity contribution is 8.13. The van der Waals surface area contributed by atoms with Crippen molar-refractivity contribution in [3.63, 3.8) is 0 Å². The van der Waals surface area contributed by atoms with E-state index in [0.29, 0.717) is 0 Å². The fourth-order valence-electron chi connectivity index (χ4n) is 1.69. The molecule has 1 saturated carbocycles. The smallest absolute Gasteiger partial charge is 0.265 e. The van der Waals surface area contributed by atoms with Crippen molar-refractivity contribution < 1.29 is 17.9 Å². The molecule has 5 nitrogen and oxygen atoms in total. The molecule has 0 atom stereocenters. The van der Waals surface area contributed by atoms with Gasteiger partial charge in [-0.25, -0.2) is 8.42 Å². The van der Waals surface area contributed by atoms with Gasteiger partial charge in [-0.1, -0.05) is 0 Å². The summed E-state index contributed by atoms with van der Waals surface area (Å²) in [6.45, 7) is 3.55. The van der Waals surface area contributed by atoms with Crippen LogP contribution in [-0.2, 0) is 9.05 Å². The maximum Gasteiger partial charge on any atom is 0.265 e. The number of hydrogen-bond acceptors (Lipinski definition) is 4. The van der Waals surface area contributed by atoms with E-state index in [1.165, 1.54) is 18.2 Å². The van der Waals surface area contributed by atoms with Gasteiger partial charge in [-0.15, -0.1) is 0 Å². The summed E-state index contributed by atoms with van der Waals surface area (Å²) in [6, 6.07) is 4.43. The van der Waals surface area contributed by atoms with Crippen molar-refractivity contribution in [2.24, 2.45) is 0 Å². The van der Waals surface area contributed by atoms with Crippen LogP contribution in [0.4, 0.5) is 0 Å². The van der Waals surface area contributed by atoms with E-state index in [2.05, 4.69) is 5.32 Å². The van der Waals surface area contributed by atoms with Crippen molar-refractivity contribution in [3.05, 3.63) is 23.8 Å². The molecule has 0 radical (unpaired) electrons. The highest BCUT2D eigenvalue weighted by Gasteiger charge is 2.25. The number of carbonyl (C=O) groups excluding carboxylic acids is 1. The third kappa shape index (κ3) is 3.86. The molecule has 1 aromatic rings. The fourth-order valence-corrected chi connectivity index (χ4v) is 2.67. The molecule has 0 spiro atoms. The normalized spacial score (nSPS) is 15.2. The Morgan fingerprint density at radius 1 is 1.40 bits per heavy atom. The van der Waals surface area contributed by atoms with Crippen molar-refractivity contribution in [2.45, 2.75) is 43.7 Å². The number of ether oxygens (including phenoxy) is 1. The van der Waals surface area contributed by atoms with Crippen LogP contribution < -0.4 is 10.1 Å². The van der Waals surface area contributed by atoms with Gasteiger partial charge in [0.25, 0.3) is 15.0 Å². The average Bonchev–Trinajstić information content (AvgIpc) is 3.11.